The van der Waals surface area contributed by atoms with E-state index in [0.717, 1.165) is 62.1 Å². The molecular formula is C22H30N4O4. The summed E-state index contributed by atoms with van der Waals surface area (Å²) in [6.45, 7) is 2.77. The molecule has 2 aliphatic rings. The SMILES string of the molecule is COc1ccc(OC)c(C2CCCN2C(=O)CNC2(c3noc(C)n3)CCCC2)c1. The van der Waals surface area contributed by atoms with E-state index in [1.807, 2.05) is 23.1 Å². The monoisotopic (exact) mass is 414 g/mol. The molecule has 1 aliphatic heterocycles. The van der Waals surface area contributed by atoms with Crippen LogP contribution in [0.5, 0.6) is 11.5 Å². The first kappa shape index (κ1) is 20.7. The Balaban J connectivity index is 1.50. The summed E-state index contributed by atoms with van der Waals surface area (Å²) in [5.74, 6) is 2.84. The second kappa shape index (κ2) is 8.63. The number of hydrogen-bond acceptors (Lipinski definition) is 7. The van der Waals surface area contributed by atoms with Crippen LogP contribution in [0.1, 0.15) is 61.8 Å². The number of nitrogens with zero attached hydrogens (tertiary/aromatic N) is 3. The van der Waals surface area contributed by atoms with Crippen molar-refractivity contribution in [3.8, 4) is 11.5 Å². The maximum atomic E-state index is 13.2. The molecule has 1 saturated heterocycles. The van der Waals surface area contributed by atoms with Crippen LogP contribution in [0, 0.1) is 6.92 Å². The third-order valence-electron chi connectivity index (χ3n) is 6.36. The van der Waals surface area contributed by atoms with Crippen LogP contribution in [0.15, 0.2) is 22.7 Å². The lowest BCUT2D eigenvalue weighted by atomic mass is 9.96. The van der Waals surface area contributed by atoms with Gasteiger partial charge in [0.25, 0.3) is 0 Å². The first-order valence-corrected chi connectivity index (χ1v) is 10.6. The van der Waals surface area contributed by atoms with E-state index in [1.165, 1.54) is 0 Å². The zero-order valence-electron chi connectivity index (χ0n) is 17.9. The lowest BCUT2D eigenvalue weighted by Gasteiger charge is -2.30. The summed E-state index contributed by atoms with van der Waals surface area (Å²) in [5, 5.41) is 7.64. The number of aromatic nitrogens is 2. The van der Waals surface area contributed by atoms with Gasteiger partial charge in [0.15, 0.2) is 5.82 Å². The van der Waals surface area contributed by atoms with Gasteiger partial charge in [-0.15, -0.1) is 0 Å². The molecule has 2 aromatic rings. The van der Waals surface area contributed by atoms with Crippen molar-refractivity contribution in [2.45, 2.75) is 57.0 Å². The summed E-state index contributed by atoms with van der Waals surface area (Å²) < 4.78 is 16.2. The molecule has 1 amide bonds. The van der Waals surface area contributed by atoms with E-state index in [2.05, 4.69) is 15.5 Å². The number of methoxy groups -OCH3 is 2. The van der Waals surface area contributed by atoms with Crippen LogP contribution in [0.25, 0.3) is 0 Å². The average molecular weight is 415 g/mol. The van der Waals surface area contributed by atoms with Gasteiger partial charge < -0.3 is 18.9 Å². The van der Waals surface area contributed by atoms with Gasteiger partial charge in [-0.1, -0.05) is 18.0 Å². The summed E-state index contributed by atoms with van der Waals surface area (Å²) in [5.41, 5.74) is 0.614. The molecule has 30 heavy (non-hydrogen) atoms. The zero-order valence-corrected chi connectivity index (χ0v) is 17.9. The molecule has 8 heteroatoms. The number of carbonyl (C=O) groups is 1. The first-order valence-electron chi connectivity index (χ1n) is 10.6. The van der Waals surface area contributed by atoms with Crippen molar-refractivity contribution in [1.29, 1.82) is 0 Å². The molecule has 2 heterocycles. The summed E-state index contributed by atoms with van der Waals surface area (Å²) in [6.07, 6.45) is 5.86. The Kier molecular flexibility index (Phi) is 5.94. The van der Waals surface area contributed by atoms with E-state index in [1.54, 1.807) is 21.1 Å². The quantitative estimate of drug-likeness (QED) is 0.744. The minimum absolute atomic E-state index is 0.0173. The van der Waals surface area contributed by atoms with Gasteiger partial charge in [-0.3, -0.25) is 10.1 Å². The summed E-state index contributed by atoms with van der Waals surface area (Å²) in [7, 11) is 3.30. The number of rotatable bonds is 7. The number of hydrogen-bond donors (Lipinski definition) is 1. The van der Waals surface area contributed by atoms with Gasteiger partial charge >= 0.3 is 0 Å². The molecule has 1 aliphatic carbocycles. The largest absolute Gasteiger partial charge is 0.497 e. The van der Waals surface area contributed by atoms with Crippen LogP contribution >= 0.6 is 0 Å². The molecule has 1 aromatic heterocycles. The fraction of sp³-hybridized carbons (Fsp3) is 0.591. The lowest BCUT2D eigenvalue weighted by molar-refractivity contribution is -0.131. The van der Waals surface area contributed by atoms with Crippen LogP contribution in [0.4, 0.5) is 0 Å². The molecule has 1 saturated carbocycles. The van der Waals surface area contributed by atoms with Gasteiger partial charge in [-0.25, -0.2) is 0 Å². The molecule has 1 aromatic carbocycles. The molecule has 1 N–H and O–H groups in total. The number of ether oxygens (including phenoxy) is 2. The molecule has 0 bridgehead atoms. The molecule has 1 unspecified atom stereocenters. The summed E-state index contributed by atoms with van der Waals surface area (Å²) >= 11 is 0. The predicted molar refractivity (Wildman–Crippen MR) is 110 cm³/mol. The van der Waals surface area contributed by atoms with Crippen molar-refractivity contribution >= 4 is 5.91 Å². The van der Waals surface area contributed by atoms with Crippen molar-refractivity contribution in [1.82, 2.24) is 20.4 Å². The van der Waals surface area contributed by atoms with Crippen LogP contribution in [0.3, 0.4) is 0 Å². The van der Waals surface area contributed by atoms with Gasteiger partial charge in [0.1, 0.15) is 11.5 Å². The number of nitrogens with one attached hydrogen (secondary N) is 1. The summed E-state index contributed by atoms with van der Waals surface area (Å²) in [6, 6.07) is 5.74. The summed E-state index contributed by atoms with van der Waals surface area (Å²) in [4.78, 5) is 19.6. The van der Waals surface area contributed by atoms with E-state index in [9.17, 15) is 4.79 Å². The molecule has 162 valence electrons. The Morgan fingerprint density at radius 3 is 2.73 bits per heavy atom. The van der Waals surface area contributed by atoms with Crippen LogP contribution in [-0.4, -0.2) is 48.3 Å². The highest BCUT2D eigenvalue weighted by Crippen LogP contribution is 2.40. The van der Waals surface area contributed by atoms with Gasteiger partial charge in [0.05, 0.1) is 32.3 Å². The van der Waals surface area contributed by atoms with Crippen molar-refractivity contribution in [2.75, 3.05) is 27.3 Å². The van der Waals surface area contributed by atoms with Crippen molar-refractivity contribution in [3.05, 3.63) is 35.5 Å². The van der Waals surface area contributed by atoms with E-state index in [4.69, 9.17) is 14.0 Å². The fourth-order valence-electron chi connectivity index (χ4n) is 4.79. The van der Waals surface area contributed by atoms with Crippen molar-refractivity contribution in [3.63, 3.8) is 0 Å². The molecule has 2 fully saturated rings. The molecule has 0 spiro atoms. The Bertz CT molecular complexity index is 891. The van der Waals surface area contributed by atoms with E-state index >= 15 is 0 Å². The average Bonchev–Trinajstić information content (AvgIpc) is 3.52. The van der Waals surface area contributed by atoms with Crippen molar-refractivity contribution < 1.29 is 18.8 Å². The Hall–Kier alpha value is -2.61. The molecule has 8 nitrogen and oxygen atoms in total. The minimum Gasteiger partial charge on any atom is -0.497 e. The van der Waals surface area contributed by atoms with Gasteiger partial charge in [0, 0.05) is 19.0 Å². The van der Waals surface area contributed by atoms with E-state index in [0.29, 0.717) is 11.7 Å². The molecular weight excluding hydrogens is 384 g/mol. The zero-order chi connectivity index (χ0) is 21.1. The fourth-order valence-corrected chi connectivity index (χ4v) is 4.79. The maximum Gasteiger partial charge on any atom is 0.237 e. The number of carbonyl (C=O) groups excluding carboxylic acids is 1. The minimum atomic E-state index is -0.379. The Morgan fingerprint density at radius 1 is 1.27 bits per heavy atom. The van der Waals surface area contributed by atoms with Gasteiger partial charge in [0.2, 0.25) is 11.8 Å². The highest BCUT2D eigenvalue weighted by molar-refractivity contribution is 5.79. The van der Waals surface area contributed by atoms with Gasteiger partial charge in [-0.2, -0.15) is 4.98 Å². The topological polar surface area (TPSA) is 89.7 Å². The number of aryl methyl sites for hydroxylation is 1. The standard InChI is InChI=1S/C22H30N4O4/c1-15-24-21(25-30-15)22(10-4-5-11-22)23-14-20(27)26-12-6-7-18(26)17-13-16(28-2)8-9-19(17)29-3/h8-9,13,18,23H,4-7,10-12,14H2,1-3H3. The highest BCUT2D eigenvalue weighted by atomic mass is 16.5. The normalized spacial score (nSPS) is 20.5. The van der Waals surface area contributed by atoms with Crippen LogP contribution in [0.2, 0.25) is 0 Å². The highest BCUT2D eigenvalue weighted by Gasteiger charge is 2.41. The lowest BCUT2D eigenvalue weighted by Crippen LogP contribution is -2.47. The van der Waals surface area contributed by atoms with E-state index in [-0.39, 0.29) is 24.0 Å². The molecule has 1 atom stereocenters. The van der Waals surface area contributed by atoms with Crippen molar-refractivity contribution in [2.24, 2.45) is 0 Å². The molecule has 0 radical (unpaired) electrons. The second-order valence-electron chi connectivity index (χ2n) is 8.13. The Labute approximate surface area is 176 Å². The van der Waals surface area contributed by atoms with Crippen LogP contribution in [-0.2, 0) is 10.3 Å². The predicted octanol–water partition coefficient (Wildman–Crippen LogP) is 3.12. The second-order valence-corrected chi connectivity index (χ2v) is 8.13. The smallest absolute Gasteiger partial charge is 0.237 e. The number of likely N-dealkylation sites (tertiary alicyclic amines) is 1. The maximum absolute atomic E-state index is 13.2. The first-order chi connectivity index (χ1) is 14.6. The van der Waals surface area contributed by atoms with Crippen LogP contribution < -0.4 is 14.8 Å². The number of benzene rings is 1. The van der Waals surface area contributed by atoms with Gasteiger partial charge in [-0.05, 0) is 43.9 Å². The third kappa shape index (κ3) is 3.88. The molecule has 4 rings (SSSR count). The number of amides is 1. The Morgan fingerprint density at radius 2 is 2.07 bits per heavy atom. The van der Waals surface area contributed by atoms with E-state index < -0.39 is 0 Å². The third-order valence-corrected chi connectivity index (χ3v) is 6.36.